The Morgan fingerprint density at radius 2 is 1.47 bits per heavy atom. The first kappa shape index (κ1) is 12.6. The van der Waals surface area contributed by atoms with Gasteiger partial charge in [-0.05, 0) is 24.3 Å². The van der Waals surface area contributed by atoms with E-state index < -0.39 is 6.09 Å². The van der Waals surface area contributed by atoms with Gasteiger partial charge >= 0.3 is 6.09 Å². The van der Waals surface area contributed by atoms with Gasteiger partial charge in [-0.2, -0.15) is 0 Å². The van der Waals surface area contributed by atoms with Gasteiger partial charge in [0.25, 0.3) is 5.91 Å². The third-order valence-electron chi connectivity index (χ3n) is 2.44. The standard InChI is InChI=1S/C14H12N2O3/c17-13(15-10-6-2-1-3-7-10)11-8-4-5-9-12(11)16-14(18)19/h1-9,16H,(H,15,17)(H,18,19). The van der Waals surface area contributed by atoms with E-state index in [4.69, 9.17) is 5.11 Å². The van der Waals surface area contributed by atoms with Gasteiger partial charge in [0.15, 0.2) is 0 Å². The van der Waals surface area contributed by atoms with Crippen molar-refractivity contribution in [3.63, 3.8) is 0 Å². The fourth-order valence-electron chi connectivity index (χ4n) is 1.63. The number of amides is 2. The van der Waals surface area contributed by atoms with E-state index in [1.54, 1.807) is 42.5 Å². The summed E-state index contributed by atoms with van der Waals surface area (Å²) >= 11 is 0. The van der Waals surface area contributed by atoms with Gasteiger partial charge < -0.3 is 10.4 Å². The smallest absolute Gasteiger partial charge is 0.409 e. The molecule has 0 bridgehead atoms. The number of anilines is 2. The number of hydrogen-bond donors (Lipinski definition) is 3. The number of benzene rings is 2. The second kappa shape index (κ2) is 5.68. The van der Waals surface area contributed by atoms with Gasteiger partial charge in [0, 0.05) is 5.69 Å². The Bertz CT molecular complexity index is 597. The summed E-state index contributed by atoms with van der Waals surface area (Å²) in [7, 11) is 0. The average Bonchev–Trinajstić information content (AvgIpc) is 2.39. The third-order valence-corrected chi connectivity index (χ3v) is 2.44. The molecule has 0 aliphatic rings. The molecular formula is C14H12N2O3. The first-order chi connectivity index (χ1) is 9.16. The lowest BCUT2D eigenvalue weighted by Crippen LogP contribution is -2.16. The van der Waals surface area contributed by atoms with Crippen LogP contribution >= 0.6 is 0 Å². The maximum atomic E-state index is 12.1. The highest BCUT2D eigenvalue weighted by molar-refractivity contribution is 6.09. The van der Waals surface area contributed by atoms with Crippen molar-refractivity contribution in [1.82, 2.24) is 0 Å². The predicted molar refractivity (Wildman–Crippen MR) is 72.5 cm³/mol. The van der Waals surface area contributed by atoms with Crippen molar-refractivity contribution in [1.29, 1.82) is 0 Å². The molecule has 0 heterocycles. The molecular weight excluding hydrogens is 244 g/mol. The molecule has 19 heavy (non-hydrogen) atoms. The van der Waals surface area contributed by atoms with Gasteiger partial charge in [-0.15, -0.1) is 0 Å². The van der Waals surface area contributed by atoms with Crippen LogP contribution in [0.25, 0.3) is 0 Å². The van der Waals surface area contributed by atoms with Crippen LogP contribution < -0.4 is 10.6 Å². The summed E-state index contributed by atoms with van der Waals surface area (Å²) in [6.07, 6.45) is -1.21. The van der Waals surface area contributed by atoms with Crippen molar-refractivity contribution < 1.29 is 14.7 Å². The van der Waals surface area contributed by atoms with Crippen LogP contribution in [-0.2, 0) is 0 Å². The van der Waals surface area contributed by atoms with Gasteiger partial charge in [0.05, 0.1) is 11.3 Å². The average molecular weight is 256 g/mol. The highest BCUT2D eigenvalue weighted by atomic mass is 16.4. The van der Waals surface area contributed by atoms with Gasteiger partial charge in [-0.1, -0.05) is 30.3 Å². The Hall–Kier alpha value is -2.82. The normalized spacial score (nSPS) is 9.68. The van der Waals surface area contributed by atoms with Crippen LogP contribution in [0.2, 0.25) is 0 Å². The largest absolute Gasteiger partial charge is 0.465 e. The van der Waals surface area contributed by atoms with Crippen LogP contribution in [0.5, 0.6) is 0 Å². The third kappa shape index (κ3) is 3.32. The zero-order chi connectivity index (χ0) is 13.7. The molecule has 2 amide bonds. The van der Waals surface area contributed by atoms with Gasteiger partial charge in [0.2, 0.25) is 0 Å². The minimum atomic E-state index is -1.21. The van der Waals surface area contributed by atoms with Gasteiger partial charge in [-0.25, -0.2) is 4.79 Å². The minimum absolute atomic E-state index is 0.253. The summed E-state index contributed by atoms with van der Waals surface area (Å²) in [5.74, 6) is -0.365. The number of carbonyl (C=O) groups excluding carboxylic acids is 1. The van der Waals surface area contributed by atoms with E-state index in [0.29, 0.717) is 5.69 Å². The highest BCUT2D eigenvalue weighted by Crippen LogP contribution is 2.17. The molecule has 3 N–H and O–H groups in total. The van der Waals surface area contributed by atoms with Crippen molar-refractivity contribution in [2.24, 2.45) is 0 Å². The zero-order valence-corrected chi connectivity index (χ0v) is 9.96. The number of hydrogen-bond acceptors (Lipinski definition) is 2. The predicted octanol–water partition coefficient (Wildman–Crippen LogP) is 3.03. The van der Waals surface area contributed by atoms with E-state index in [-0.39, 0.29) is 17.2 Å². The van der Waals surface area contributed by atoms with Crippen molar-refractivity contribution in [2.75, 3.05) is 10.6 Å². The van der Waals surface area contributed by atoms with Crippen molar-refractivity contribution >= 4 is 23.4 Å². The summed E-state index contributed by atoms with van der Waals surface area (Å²) in [6, 6.07) is 15.4. The quantitative estimate of drug-likeness (QED) is 0.789. The molecule has 5 nitrogen and oxygen atoms in total. The Labute approximate surface area is 109 Å². The second-order valence-electron chi connectivity index (χ2n) is 3.80. The van der Waals surface area contributed by atoms with Crippen molar-refractivity contribution in [3.8, 4) is 0 Å². The number of rotatable bonds is 3. The first-order valence-electron chi connectivity index (χ1n) is 5.62. The fourth-order valence-corrected chi connectivity index (χ4v) is 1.63. The molecule has 0 atom stereocenters. The molecule has 0 radical (unpaired) electrons. The summed E-state index contributed by atoms with van der Waals surface area (Å²) in [5, 5.41) is 13.6. The molecule has 2 rings (SSSR count). The Kier molecular flexibility index (Phi) is 3.78. The highest BCUT2D eigenvalue weighted by Gasteiger charge is 2.12. The Morgan fingerprint density at radius 1 is 0.842 bits per heavy atom. The van der Waals surface area contributed by atoms with E-state index in [1.165, 1.54) is 6.07 Å². The lowest BCUT2D eigenvalue weighted by Gasteiger charge is -2.09. The molecule has 0 aliphatic heterocycles. The molecule has 5 heteroatoms. The second-order valence-corrected chi connectivity index (χ2v) is 3.80. The first-order valence-corrected chi connectivity index (χ1v) is 5.62. The summed E-state index contributed by atoms with van der Waals surface area (Å²) in [5.41, 5.74) is 1.18. The molecule has 0 saturated heterocycles. The number of carbonyl (C=O) groups is 2. The molecule has 0 aromatic heterocycles. The summed E-state index contributed by atoms with van der Waals surface area (Å²) < 4.78 is 0. The van der Waals surface area contributed by atoms with E-state index in [0.717, 1.165) is 0 Å². The Morgan fingerprint density at radius 3 is 2.16 bits per heavy atom. The zero-order valence-electron chi connectivity index (χ0n) is 9.96. The van der Waals surface area contributed by atoms with E-state index >= 15 is 0 Å². The maximum absolute atomic E-state index is 12.1. The van der Waals surface area contributed by atoms with Gasteiger partial charge in [0.1, 0.15) is 0 Å². The monoisotopic (exact) mass is 256 g/mol. The number of para-hydroxylation sites is 2. The topological polar surface area (TPSA) is 78.4 Å². The molecule has 2 aromatic carbocycles. The fraction of sp³-hybridized carbons (Fsp3) is 0. The number of nitrogens with one attached hydrogen (secondary N) is 2. The number of carboxylic acid groups (broad SMARTS) is 1. The molecule has 0 spiro atoms. The summed E-state index contributed by atoms with van der Waals surface area (Å²) in [4.78, 5) is 22.7. The Balaban J connectivity index is 2.21. The molecule has 96 valence electrons. The van der Waals surface area contributed by atoms with Crippen LogP contribution in [0.3, 0.4) is 0 Å². The molecule has 0 saturated carbocycles. The minimum Gasteiger partial charge on any atom is -0.465 e. The van der Waals surface area contributed by atoms with Crippen LogP contribution in [0.15, 0.2) is 54.6 Å². The maximum Gasteiger partial charge on any atom is 0.409 e. The SMILES string of the molecule is O=C(O)Nc1ccccc1C(=O)Nc1ccccc1. The van der Waals surface area contributed by atoms with Crippen molar-refractivity contribution in [2.45, 2.75) is 0 Å². The summed E-state index contributed by atoms with van der Waals surface area (Å²) in [6.45, 7) is 0. The van der Waals surface area contributed by atoms with E-state index in [9.17, 15) is 9.59 Å². The van der Waals surface area contributed by atoms with Crippen LogP contribution in [0, 0.1) is 0 Å². The van der Waals surface area contributed by atoms with Crippen molar-refractivity contribution in [3.05, 3.63) is 60.2 Å². The van der Waals surface area contributed by atoms with Crippen LogP contribution in [0.1, 0.15) is 10.4 Å². The van der Waals surface area contributed by atoms with E-state index in [1.807, 2.05) is 6.07 Å². The van der Waals surface area contributed by atoms with E-state index in [2.05, 4.69) is 10.6 Å². The molecule has 0 aliphatic carbocycles. The van der Waals surface area contributed by atoms with Gasteiger partial charge in [-0.3, -0.25) is 10.1 Å². The molecule has 0 unspecified atom stereocenters. The van der Waals surface area contributed by atoms with Crippen LogP contribution in [0.4, 0.5) is 16.2 Å². The molecule has 0 fully saturated rings. The lowest BCUT2D eigenvalue weighted by atomic mass is 10.1. The molecule has 2 aromatic rings. The lowest BCUT2D eigenvalue weighted by molar-refractivity contribution is 0.102. The van der Waals surface area contributed by atoms with Crippen LogP contribution in [-0.4, -0.2) is 17.1 Å².